The van der Waals surface area contributed by atoms with Gasteiger partial charge in [-0.1, -0.05) is 13.8 Å². The van der Waals surface area contributed by atoms with E-state index in [1.54, 1.807) is 0 Å². The summed E-state index contributed by atoms with van der Waals surface area (Å²) in [5, 5.41) is 8.82. The van der Waals surface area contributed by atoms with Gasteiger partial charge in [0.05, 0.1) is 6.61 Å². The monoisotopic (exact) mass is 160 g/mol. The summed E-state index contributed by atoms with van der Waals surface area (Å²) in [5.74, 6) is 0.127. The number of carbonyl (C=O) groups excluding carboxylic acids is 1. The minimum absolute atomic E-state index is 0.0684. The molecule has 0 saturated carbocycles. The molecule has 0 aliphatic carbocycles. The number of carbonyl (C=O) groups is 1. The van der Waals surface area contributed by atoms with Crippen LogP contribution < -0.4 is 0 Å². The molecule has 0 aliphatic heterocycles. The molecule has 0 aromatic carbocycles. The zero-order valence-electron chi connectivity index (χ0n) is 7.33. The maximum atomic E-state index is 10.4. The number of hydrogen-bond acceptors (Lipinski definition) is 3. The van der Waals surface area contributed by atoms with Crippen LogP contribution in [0, 0.1) is 11.8 Å². The highest BCUT2D eigenvalue weighted by Gasteiger charge is 2.12. The van der Waals surface area contributed by atoms with Crippen molar-refractivity contribution in [3.63, 3.8) is 0 Å². The minimum Gasteiger partial charge on any atom is -0.465 e. The zero-order chi connectivity index (χ0) is 8.85. The average molecular weight is 160 g/mol. The van der Waals surface area contributed by atoms with Gasteiger partial charge < -0.3 is 9.84 Å². The second-order valence-corrected chi connectivity index (χ2v) is 2.99. The average Bonchev–Trinajstić information content (AvgIpc) is 1.87. The van der Waals surface area contributed by atoms with Crippen molar-refractivity contribution in [1.29, 1.82) is 0 Å². The molecule has 3 heteroatoms. The van der Waals surface area contributed by atoms with E-state index in [1.807, 2.05) is 13.8 Å². The number of rotatable bonds is 4. The fraction of sp³-hybridized carbons (Fsp3) is 0.875. The minimum atomic E-state index is -0.288. The summed E-state index contributed by atoms with van der Waals surface area (Å²) in [4.78, 5) is 10.4. The van der Waals surface area contributed by atoms with Crippen molar-refractivity contribution in [1.82, 2.24) is 0 Å². The molecule has 66 valence electrons. The highest BCUT2D eigenvalue weighted by molar-refractivity contribution is 5.65. The van der Waals surface area contributed by atoms with Gasteiger partial charge in [-0.05, 0) is 5.92 Å². The van der Waals surface area contributed by atoms with E-state index in [0.717, 1.165) is 0 Å². The van der Waals surface area contributed by atoms with Gasteiger partial charge in [0.15, 0.2) is 0 Å². The molecule has 0 aliphatic rings. The Morgan fingerprint density at radius 1 is 1.55 bits per heavy atom. The molecule has 1 N–H and O–H groups in total. The lowest BCUT2D eigenvalue weighted by atomic mass is 9.98. The standard InChI is InChI=1S/C8H16O3/c1-6(2)8(4-9)5-11-7(3)10/h6,8-9H,4-5H2,1-3H3/t8-/m0/s1. The van der Waals surface area contributed by atoms with Crippen LogP contribution in [-0.4, -0.2) is 24.3 Å². The molecule has 0 rings (SSSR count). The number of aliphatic hydroxyl groups excluding tert-OH is 1. The molecule has 3 nitrogen and oxygen atoms in total. The van der Waals surface area contributed by atoms with Crippen LogP contribution in [0.5, 0.6) is 0 Å². The Labute approximate surface area is 67.4 Å². The number of ether oxygens (including phenoxy) is 1. The summed E-state index contributed by atoms with van der Waals surface area (Å²) in [6.07, 6.45) is 0. The molecule has 0 fully saturated rings. The maximum absolute atomic E-state index is 10.4. The quantitative estimate of drug-likeness (QED) is 0.619. The Morgan fingerprint density at radius 2 is 2.09 bits per heavy atom. The molecule has 0 radical (unpaired) electrons. The van der Waals surface area contributed by atoms with Crippen LogP contribution in [0.15, 0.2) is 0 Å². The summed E-state index contributed by atoms with van der Waals surface area (Å²) in [5.41, 5.74) is 0. The maximum Gasteiger partial charge on any atom is 0.302 e. The Bertz CT molecular complexity index is 121. The predicted molar refractivity (Wildman–Crippen MR) is 42.0 cm³/mol. The van der Waals surface area contributed by atoms with Crippen molar-refractivity contribution in [2.45, 2.75) is 20.8 Å². The molecule has 0 aromatic rings. The predicted octanol–water partition coefficient (Wildman–Crippen LogP) is 0.814. The van der Waals surface area contributed by atoms with Crippen molar-refractivity contribution >= 4 is 5.97 Å². The molecule has 0 bridgehead atoms. The molecule has 11 heavy (non-hydrogen) atoms. The first kappa shape index (κ1) is 10.4. The fourth-order valence-corrected chi connectivity index (χ4v) is 0.680. The topological polar surface area (TPSA) is 46.5 Å². The normalized spacial score (nSPS) is 13.2. The van der Waals surface area contributed by atoms with Crippen molar-refractivity contribution in [2.24, 2.45) is 11.8 Å². The Balaban J connectivity index is 3.61. The lowest BCUT2D eigenvalue weighted by molar-refractivity contribution is -0.143. The molecule has 0 spiro atoms. The van der Waals surface area contributed by atoms with Crippen LogP contribution >= 0.6 is 0 Å². The van der Waals surface area contributed by atoms with Crippen molar-refractivity contribution in [2.75, 3.05) is 13.2 Å². The van der Waals surface area contributed by atoms with E-state index in [-0.39, 0.29) is 18.5 Å². The smallest absolute Gasteiger partial charge is 0.302 e. The summed E-state index contributed by atoms with van der Waals surface area (Å²) in [6, 6.07) is 0. The van der Waals surface area contributed by atoms with E-state index in [4.69, 9.17) is 9.84 Å². The first-order valence-electron chi connectivity index (χ1n) is 3.82. The van der Waals surface area contributed by atoms with E-state index in [9.17, 15) is 4.79 Å². The van der Waals surface area contributed by atoms with Crippen LogP contribution in [0.2, 0.25) is 0 Å². The molecule has 0 saturated heterocycles. The van der Waals surface area contributed by atoms with Crippen LogP contribution in [0.25, 0.3) is 0 Å². The summed E-state index contributed by atoms with van der Waals surface area (Å²) < 4.78 is 4.76. The van der Waals surface area contributed by atoms with Crippen LogP contribution in [0.3, 0.4) is 0 Å². The fourth-order valence-electron chi connectivity index (χ4n) is 0.680. The van der Waals surface area contributed by atoms with Gasteiger partial charge in [0.25, 0.3) is 0 Å². The highest BCUT2D eigenvalue weighted by atomic mass is 16.5. The van der Waals surface area contributed by atoms with E-state index >= 15 is 0 Å². The van der Waals surface area contributed by atoms with Crippen molar-refractivity contribution < 1.29 is 14.6 Å². The van der Waals surface area contributed by atoms with Crippen molar-refractivity contribution in [3.05, 3.63) is 0 Å². The number of aliphatic hydroxyl groups is 1. The molecule has 0 heterocycles. The van der Waals surface area contributed by atoms with Crippen LogP contribution in [-0.2, 0) is 9.53 Å². The lowest BCUT2D eigenvalue weighted by Crippen LogP contribution is -2.21. The second kappa shape index (κ2) is 5.13. The lowest BCUT2D eigenvalue weighted by Gasteiger charge is -2.16. The largest absolute Gasteiger partial charge is 0.465 e. The highest BCUT2D eigenvalue weighted by Crippen LogP contribution is 2.09. The van der Waals surface area contributed by atoms with Gasteiger partial charge in [-0.25, -0.2) is 0 Å². The van der Waals surface area contributed by atoms with E-state index in [2.05, 4.69) is 0 Å². The Morgan fingerprint density at radius 3 is 2.36 bits per heavy atom. The summed E-state index contributed by atoms with van der Waals surface area (Å²) in [6.45, 7) is 5.75. The summed E-state index contributed by atoms with van der Waals surface area (Å²) in [7, 11) is 0. The molecule has 0 amide bonds. The van der Waals surface area contributed by atoms with Gasteiger partial charge in [0.2, 0.25) is 0 Å². The van der Waals surface area contributed by atoms with Gasteiger partial charge in [-0.15, -0.1) is 0 Å². The molecule has 0 aromatic heterocycles. The molecule has 1 atom stereocenters. The Kier molecular flexibility index (Phi) is 4.86. The van der Waals surface area contributed by atoms with Crippen LogP contribution in [0.4, 0.5) is 0 Å². The first-order chi connectivity index (χ1) is 5.07. The third kappa shape index (κ3) is 4.79. The van der Waals surface area contributed by atoms with E-state index in [1.165, 1.54) is 6.92 Å². The summed E-state index contributed by atoms with van der Waals surface area (Å²) >= 11 is 0. The van der Waals surface area contributed by atoms with Gasteiger partial charge in [-0.3, -0.25) is 4.79 Å². The van der Waals surface area contributed by atoms with E-state index < -0.39 is 0 Å². The molecular weight excluding hydrogens is 144 g/mol. The second-order valence-electron chi connectivity index (χ2n) is 2.99. The van der Waals surface area contributed by atoms with Crippen molar-refractivity contribution in [3.8, 4) is 0 Å². The van der Waals surface area contributed by atoms with Gasteiger partial charge >= 0.3 is 5.97 Å². The van der Waals surface area contributed by atoms with E-state index in [0.29, 0.717) is 12.5 Å². The van der Waals surface area contributed by atoms with Gasteiger partial charge in [0, 0.05) is 19.4 Å². The third-order valence-electron chi connectivity index (χ3n) is 1.68. The molecule has 0 unspecified atom stereocenters. The Hall–Kier alpha value is -0.570. The van der Waals surface area contributed by atoms with Crippen LogP contribution in [0.1, 0.15) is 20.8 Å². The third-order valence-corrected chi connectivity index (χ3v) is 1.68. The zero-order valence-corrected chi connectivity index (χ0v) is 7.33. The SMILES string of the molecule is CC(=O)OC[C@H](CO)C(C)C. The van der Waals surface area contributed by atoms with Gasteiger partial charge in [-0.2, -0.15) is 0 Å². The first-order valence-corrected chi connectivity index (χ1v) is 3.82. The number of esters is 1. The number of hydrogen-bond donors (Lipinski definition) is 1. The molecular formula is C8H16O3. The van der Waals surface area contributed by atoms with Gasteiger partial charge in [0.1, 0.15) is 0 Å².